The molecule has 7 nitrogen and oxygen atoms in total. The molecule has 178 valence electrons. The van der Waals surface area contributed by atoms with E-state index in [0.29, 0.717) is 35.8 Å². The normalized spacial score (nSPS) is 32.8. The van der Waals surface area contributed by atoms with Crippen LogP contribution >= 0.6 is 0 Å². The molecular weight excluding hydrogens is 422 g/mol. The first-order valence-electron chi connectivity index (χ1n) is 12.4. The van der Waals surface area contributed by atoms with E-state index < -0.39 is 17.8 Å². The lowest BCUT2D eigenvalue weighted by molar-refractivity contribution is -0.197. The predicted octanol–water partition coefficient (Wildman–Crippen LogP) is 3.67. The molecule has 7 heteroatoms. The van der Waals surface area contributed by atoms with Gasteiger partial charge in [-0.1, -0.05) is 13.0 Å². The second-order valence-electron chi connectivity index (χ2n) is 10.4. The molecule has 4 aliphatic rings. The molecule has 0 radical (unpaired) electrons. The van der Waals surface area contributed by atoms with E-state index in [0.717, 1.165) is 37.9 Å². The van der Waals surface area contributed by atoms with Crippen LogP contribution in [-0.4, -0.2) is 40.7 Å². The van der Waals surface area contributed by atoms with Crippen molar-refractivity contribution in [3.05, 3.63) is 29.3 Å². The van der Waals surface area contributed by atoms with E-state index in [1.54, 1.807) is 0 Å². The van der Waals surface area contributed by atoms with Crippen LogP contribution in [0.2, 0.25) is 0 Å². The zero-order chi connectivity index (χ0) is 23.2. The molecule has 5 rings (SSSR count). The topological polar surface area (TPSA) is 93.1 Å². The van der Waals surface area contributed by atoms with Gasteiger partial charge in [0.1, 0.15) is 5.75 Å². The lowest BCUT2D eigenvalue weighted by Gasteiger charge is -2.50. The Labute approximate surface area is 194 Å². The van der Waals surface area contributed by atoms with Crippen molar-refractivity contribution in [1.29, 1.82) is 0 Å². The number of nitrogens with zero attached hydrogens (tertiary/aromatic N) is 1. The molecule has 1 aromatic rings. The molecular formula is C26H33NO6. The number of aryl methyl sites for hydroxylation is 1. The first-order valence-corrected chi connectivity index (χ1v) is 12.4. The number of hydrogen-bond donors (Lipinski definition) is 1. The zero-order valence-corrected chi connectivity index (χ0v) is 19.3. The Morgan fingerprint density at radius 3 is 2.70 bits per heavy atom. The average molecular weight is 456 g/mol. The molecule has 3 fully saturated rings. The first kappa shape index (κ1) is 22.4. The van der Waals surface area contributed by atoms with Gasteiger partial charge in [0.2, 0.25) is 0 Å². The van der Waals surface area contributed by atoms with Crippen LogP contribution in [0.4, 0.5) is 0 Å². The van der Waals surface area contributed by atoms with Gasteiger partial charge in [-0.3, -0.25) is 9.59 Å². The Morgan fingerprint density at radius 2 is 1.91 bits per heavy atom. The number of imide groups is 1. The van der Waals surface area contributed by atoms with Gasteiger partial charge in [-0.2, -0.15) is 0 Å². The molecule has 1 N–H and O–H groups in total. The van der Waals surface area contributed by atoms with E-state index in [1.807, 2.05) is 6.07 Å². The Morgan fingerprint density at radius 1 is 1.12 bits per heavy atom. The van der Waals surface area contributed by atoms with E-state index in [-0.39, 0.29) is 30.8 Å². The fraction of sp³-hybridized carbons (Fsp3) is 0.654. The summed E-state index contributed by atoms with van der Waals surface area (Å²) in [5, 5.41) is 11.1. The Kier molecular flexibility index (Phi) is 5.93. The van der Waals surface area contributed by atoms with E-state index in [2.05, 4.69) is 19.1 Å². The number of ether oxygens (including phenoxy) is 1. The summed E-state index contributed by atoms with van der Waals surface area (Å²) in [6, 6.07) is 6.38. The fourth-order valence-corrected chi connectivity index (χ4v) is 6.83. The Balaban J connectivity index is 1.14. The summed E-state index contributed by atoms with van der Waals surface area (Å²) < 4.78 is 5.88. The van der Waals surface area contributed by atoms with Gasteiger partial charge in [-0.25, -0.2) is 4.79 Å². The maximum Gasteiger partial charge on any atom is 0.333 e. The second-order valence-corrected chi connectivity index (χ2v) is 10.4. The molecule has 0 spiro atoms. The van der Waals surface area contributed by atoms with Gasteiger partial charge < -0.3 is 14.7 Å². The van der Waals surface area contributed by atoms with Crippen molar-refractivity contribution in [3.8, 4) is 5.75 Å². The number of amides is 2. The maximum absolute atomic E-state index is 11.9. The molecule has 0 unspecified atom stereocenters. The molecule has 1 aliphatic heterocycles. The van der Waals surface area contributed by atoms with Crippen LogP contribution in [0.1, 0.15) is 81.8 Å². The summed E-state index contributed by atoms with van der Waals surface area (Å²) >= 11 is 0. The third-order valence-corrected chi connectivity index (χ3v) is 8.64. The van der Waals surface area contributed by atoms with E-state index in [4.69, 9.17) is 9.57 Å². The van der Waals surface area contributed by atoms with Crippen LogP contribution in [0, 0.1) is 17.3 Å². The minimum atomic E-state index is -0.597. The fourth-order valence-electron chi connectivity index (χ4n) is 6.83. The van der Waals surface area contributed by atoms with Gasteiger partial charge in [0, 0.05) is 12.8 Å². The number of benzene rings is 1. The largest absolute Gasteiger partial charge is 0.494 e. The molecule has 1 saturated heterocycles. The summed E-state index contributed by atoms with van der Waals surface area (Å²) in [7, 11) is 0. The number of hydrogen-bond acceptors (Lipinski definition) is 6. The van der Waals surface area contributed by atoms with E-state index >= 15 is 0 Å². The summed E-state index contributed by atoms with van der Waals surface area (Å²) in [4.78, 5) is 39.8. The molecule has 2 saturated carbocycles. The van der Waals surface area contributed by atoms with E-state index in [1.165, 1.54) is 17.5 Å². The van der Waals surface area contributed by atoms with Crippen molar-refractivity contribution in [2.45, 2.75) is 83.2 Å². The number of carbonyl (C=O) groups excluding carboxylic acids is 3. The summed E-state index contributed by atoms with van der Waals surface area (Å²) in [6.45, 7) is 2.66. The number of rotatable bonds is 6. The minimum Gasteiger partial charge on any atom is -0.494 e. The zero-order valence-electron chi connectivity index (χ0n) is 19.3. The van der Waals surface area contributed by atoms with Gasteiger partial charge in [0.25, 0.3) is 11.8 Å². The lowest BCUT2D eigenvalue weighted by atomic mass is 9.55. The molecule has 2 amide bonds. The van der Waals surface area contributed by atoms with E-state index in [9.17, 15) is 19.5 Å². The van der Waals surface area contributed by atoms with Gasteiger partial charge in [-0.05, 0) is 91.4 Å². The molecule has 33 heavy (non-hydrogen) atoms. The number of aliphatic hydroxyl groups is 1. The maximum atomic E-state index is 11.9. The Bertz CT molecular complexity index is 944. The summed E-state index contributed by atoms with van der Waals surface area (Å²) in [6.07, 6.45) is 7.13. The van der Waals surface area contributed by atoms with Crippen molar-refractivity contribution >= 4 is 17.8 Å². The van der Waals surface area contributed by atoms with Crippen molar-refractivity contribution in [1.82, 2.24) is 5.06 Å². The standard InChI is InChI=1S/C26H33NO6/c1-26-13-12-19-18-7-5-17(15-16(18)4-6-20(19)21(26)8-9-22(26)28)32-14-2-3-25(31)33-27-23(29)10-11-24(27)30/h5,7,15,19-22,28H,2-4,6,8-14H2,1H3/t19-,20-,21+,22+,26+/m1/s1. The first-order chi connectivity index (χ1) is 15.9. The van der Waals surface area contributed by atoms with Crippen LogP contribution in [0.3, 0.4) is 0 Å². The molecule has 3 aliphatic carbocycles. The molecule has 1 aromatic carbocycles. The monoisotopic (exact) mass is 455 g/mol. The number of fused-ring (bicyclic) bond motifs is 5. The second kappa shape index (κ2) is 8.75. The highest BCUT2D eigenvalue weighted by molar-refractivity contribution is 6.01. The highest BCUT2D eigenvalue weighted by atomic mass is 16.7. The third-order valence-electron chi connectivity index (χ3n) is 8.64. The third kappa shape index (κ3) is 4.05. The highest BCUT2D eigenvalue weighted by Crippen LogP contribution is 2.60. The van der Waals surface area contributed by atoms with Crippen LogP contribution in [0.15, 0.2) is 18.2 Å². The van der Waals surface area contributed by atoms with Crippen molar-refractivity contribution in [2.75, 3.05) is 6.61 Å². The van der Waals surface area contributed by atoms with Crippen molar-refractivity contribution < 1.29 is 29.1 Å². The SMILES string of the molecule is C[C@]12CC[C@@H]3c4ccc(OCCCC(=O)ON5C(=O)CCC5=O)cc4CC[C@H]3[C@@H]1CC[C@@H]2O. The van der Waals surface area contributed by atoms with Crippen LogP contribution < -0.4 is 4.74 Å². The van der Waals surface area contributed by atoms with Gasteiger partial charge in [-0.15, -0.1) is 5.06 Å². The van der Waals surface area contributed by atoms with Gasteiger partial charge in [0.05, 0.1) is 19.1 Å². The molecule has 5 atom stereocenters. The van der Waals surface area contributed by atoms with Crippen LogP contribution in [0.25, 0.3) is 0 Å². The Hall–Kier alpha value is -2.41. The van der Waals surface area contributed by atoms with Crippen LogP contribution in [0.5, 0.6) is 5.75 Å². The smallest absolute Gasteiger partial charge is 0.333 e. The van der Waals surface area contributed by atoms with Crippen molar-refractivity contribution in [3.63, 3.8) is 0 Å². The number of aliphatic hydroxyl groups excluding tert-OH is 1. The molecule has 1 heterocycles. The number of hydroxylamine groups is 2. The summed E-state index contributed by atoms with van der Waals surface area (Å²) in [5.41, 5.74) is 2.91. The van der Waals surface area contributed by atoms with Crippen molar-refractivity contribution in [2.24, 2.45) is 17.3 Å². The highest BCUT2D eigenvalue weighted by Gasteiger charge is 2.54. The predicted molar refractivity (Wildman–Crippen MR) is 119 cm³/mol. The van der Waals surface area contributed by atoms with Gasteiger partial charge in [0.15, 0.2) is 0 Å². The quantitative estimate of drug-likeness (QED) is 0.520. The minimum absolute atomic E-state index is 0.0811. The summed E-state index contributed by atoms with van der Waals surface area (Å²) in [5.74, 6) is 1.15. The average Bonchev–Trinajstić information content (AvgIpc) is 3.29. The molecule has 0 aromatic heterocycles. The number of carbonyl (C=O) groups is 3. The van der Waals surface area contributed by atoms with Crippen LogP contribution in [-0.2, 0) is 25.6 Å². The van der Waals surface area contributed by atoms with Gasteiger partial charge >= 0.3 is 5.97 Å². The molecule has 0 bridgehead atoms. The lowest BCUT2D eigenvalue weighted by Crippen LogP contribution is -2.43.